The van der Waals surface area contributed by atoms with Crippen LogP contribution in [0.4, 0.5) is 10.7 Å². The average molecular weight is 399 g/mol. The van der Waals surface area contributed by atoms with Crippen LogP contribution >= 0.6 is 0 Å². The molecule has 2 amide bonds. The van der Waals surface area contributed by atoms with Crippen molar-refractivity contribution in [3.05, 3.63) is 47.8 Å². The van der Waals surface area contributed by atoms with E-state index >= 15 is 0 Å². The minimum atomic E-state index is -0.339. The summed E-state index contributed by atoms with van der Waals surface area (Å²) in [6.45, 7) is 4.41. The fourth-order valence-electron chi connectivity index (χ4n) is 3.04. The number of rotatable bonds is 6. The summed E-state index contributed by atoms with van der Waals surface area (Å²) in [6.07, 6.45) is 2.68. The van der Waals surface area contributed by atoms with E-state index in [1.165, 1.54) is 12.4 Å². The molecule has 9 nitrogen and oxygen atoms in total. The van der Waals surface area contributed by atoms with Crippen LogP contribution in [0.15, 0.2) is 36.7 Å². The molecule has 0 spiro atoms. The number of anilines is 1. The maximum absolute atomic E-state index is 12.7. The normalized spacial score (nSPS) is 13.7. The number of benzene rings is 1. The van der Waals surface area contributed by atoms with Crippen LogP contribution in [-0.4, -0.2) is 71.7 Å². The van der Waals surface area contributed by atoms with Gasteiger partial charge in [-0.3, -0.25) is 4.79 Å². The van der Waals surface area contributed by atoms with Gasteiger partial charge >= 0.3 is 6.09 Å². The molecule has 0 aliphatic carbocycles. The molecule has 1 aromatic heterocycles. The zero-order chi connectivity index (χ0) is 20.6. The Labute approximate surface area is 169 Å². The van der Waals surface area contributed by atoms with E-state index < -0.39 is 0 Å². The van der Waals surface area contributed by atoms with Gasteiger partial charge in [-0.25, -0.2) is 14.8 Å². The molecule has 29 heavy (non-hydrogen) atoms. The highest BCUT2D eigenvalue weighted by atomic mass is 16.6. The molecule has 0 saturated carbocycles. The van der Waals surface area contributed by atoms with Crippen molar-refractivity contribution in [2.45, 2.75) is 13.5 Å². The smallest absolute Gasteiger partial charge is 0.409 e. The number of methoxy groups -OCH3 is 1. The van der Waals surface area contributed by atoms with E-state index in [1.54, 1.807) is 23.8 Å². The van der Waals surface area contributed by atoms with Crippen LogP contribution < -0.4 is 10.1 Å². The van der Waals surface area contributed by atoms with Crippen molar-refractivity contribution in [2.75, 3.05) is 45.2 Å². The summed E-state index contributed by atoms with van der Waals surface area (Å²) in [5.74, 6) is 1.07. The summed E-state index contributed by atoms with van der Waals surface area (Å²) in [4.78, 5) is 36.2. The zero-order valence-electron chi connectivity index (χ0n) is 16.6. The predicted molar refractivity (Wildman–Crippen MR) is 107 cm³/mol. The van der Waals surface area contributed by atoms with Crippen molar-refractivity contribution < 1.29 is 19.1 Å². The Morgan fingerprint density at radius 2 is 1.72 bits per heavy atom. The van der Waals surface area contributed by atoms with Crippen LogP contribution in [-0.2, 0) is 11.3 Å². The summed E-state index contributed by atoms with van der Waals surface area (Å²) in [6, 6.07) is 7.69. The molecule has 0 atom stereocenters. The van der Waals surface area contributed by atoms with Gasteiger partial charge in [-0.2, -0.15) is 0 Å². The molecule has 1 saturated heterocycles. The van der Waals surface area contributed by atoms with Crippen molar-refractivity contribution in [1.82, 2.24) is 19.8 Å². The fraction of sp³-hybridized carbons (Fsp3) is 0.400. The van der Waals surface area contributed by atoms with Gasteiger partial charge in [-0.15, -0.1) is 0 Å². The first-order chi connectivity index (χ1) is 14.1. The third-order valence-corrected chi connectivity index (χ3v) is 4.62. The first kappa shape index (κ1) is 20.4. The Morgan fingerprint density at radius 1 is 1.07 bits per heavy atom. The highest BCUT2D eigenvalue weighted by Crippen LogP contribution is 2.18. The Hall–Kier alpha value is -3.36. The number of ether oxygens (including phenoxy) is 2. The van der Waals surface area contributed by atoms with Crippen LogP contribution in [0.5, 0.6) is 5.75 Å². The van der Waals surface area contributed by atoms with Crippen molar-refractivity contribution in [3.8, 4) is 5.75 Å². The quantitative estimate of drug-likeness (QED) is 0.794. The molecule has 0 unspecified atom stereocenters. The van der Waals surface area contributed by atoms with Crippen molar-refractivity contribution >= 4 is 17.9 Å². The lowest BCUT2D eigenvalue weighted by molar-refractivity contribution is 0.0570. The maximum atomic E-state index is 12.7. The van der Waals surface area contributed by atoms with Gasteiger partial charge < -0.3 is 24.6 Å². The Bertz CT molecular complexity index is 835. The van der Waals surface area contributed by atoms with Crippen LogP contribution in [0.1, 0.15) is 22.8 Å². The molecule has 0 radical (unpaired) electrons. The number of hydrogen-bond acceptors (Lipinski definition) is 7. The SMILES string of the molecule is CCOC(=O)N1CCN(C(=O)c2cnc(NCc3ccccc3OC)nc2)CC1. The molecule has 3 rings (SSSR count). The van der Waals surface area contributed by atoms with E-state index in [-0.39, 0.29) is 12.0 Å². The van der Waals surface area contributed by atoms with E-state index in [1.807, 2.05) is 24.3 Å². The van der Waals surface area contributed by atoms with Gasteiger partial charge in [-0.1, -0.05) is 18.2 Å². The van der Waals surface area contributed by atoms with Crippen LogP contribution in [0, 0.1) is 0 Å². The summed E-state index contributed by atoms with van der Waals surface area (Å²) >= 11 is 0. The molecule has 1 aliphatic heterocycles. The van der Waals surface area contributed by atoms with Gasteiger partial charge in [0.2, 0.25) is 5.95 Å². The number of carbonyl (C=O) groups excluding carboxylic acids is 2. The van der Waals surface area contributed by atoms with Gasteiger partial charge in [0.05, 0.1) is 19.3 Å². The van der Waals surface area contributed by atoms with E-state index in [9.17, 15) is 9.59 Å². The molecule has 1 N–H and O–H groups in total. The van der Waals surface area contributed by atoms with Gasteiger partial charge in [0.15, 0.2) is 0 Å². The lowest BCUT2D eigenvalue weighted by Crippen LogP contribution is -2.50. The minimum Gasteiger partial charge on any atom is -0.496 e. The summed E-state index contributed by atoms with van der Waals surface area (Å²) in [5, 5.41) is 3.13. The monoisotopic (exact) mass is 399 g/mol. The third kappa shape index (κ3) is 5.13. The highest BCUT2D eigenvalue weighted by molar-refractivity contribution is 5.93. The zero-order valence-corrected chi connectivity index (χ0v) is 16.6. The summed E-state index contributed by atoms with van der Waals surface area (Å²) in [7, 11) is 1.63. The van der Waals surface area contributed by atoms with E-state index in [4.69, 9.17) is 9.47 Å². The molecule has 1 fully saturated rings. The Balaban J connectivity index is 1.53. The Kier molecular flexibility index (Phi) is 6.83. The third-order valence-electron chi connectivity index (χ3n) is 4.62. The van der Waals surface area contributed by atoms with Crippen LogP contribution in [0.2, 0.25) is 0 Å². The largest absolute Gasteiger partial charge is 0.496 e. The molecule has 2 heterocycles. The average Bonchev–Trinajstić information content (AvgIpc) is 2.78. The Morgan fingerprint density at radius 3 is 2.38 bits per heavy atom. The highest BCUT2D eigenvalue weighted by Gasteiger charge is 2.25. The fourth-order valence-corrected chi connectivity index (χ4v) is 3.04. The number of amides is 2. The lowest BCUT2D eigenvalue weighted by Gasteiger charge is -2.33. The molecule has 1 aliphatic rings. The minimum absolute atomic E-state index is 0.148. The molecular weight excluding hydrogens is 374 g/mol. The van der Waals surface area contributed by atoms with Gasteiger partial charge in [0.25, 0.3) is 5.91 Å². The summed E-state index contributed by atoms with van der Waals surface area (Å²) in [5.41, 5.74) is 1.40. The van der Waals surface area contributed by atoms with Crippen LogP contribution in [0.3, 0.4) is 0 Å². The van der Waals surface area contributed by atoms with Crippen molar-refractivity contribution in [1.29, 1.82) is 0 Å². The molecule has 2 aromatic rings. The van der Waals surface area contributed by atoms with Crippen LogP contribution in [0.25, 0.3) is 0 Å². The first-order valence-electron chi connectivity index (χ1n) is 9.51. The van der Waals surface area contributed by atoms with Crippen molar-refractivity contribution in [3.63, 3.8) is 0 Å². The number of nitrogens with zero attached hydrogens (tertiary/aromatic N) is 4. The number of hydrogen-bond donors (Lipinski definition) is 1. The topological polar surface area (TPSA) is 96.9 Å². The molecule has 154 valence electrons. The number of aromatic nitrogens is 2. The second-order valence-corrected chi connectivity index (χ2v) is 6.44. The molecule has 0 bridgehead atoms. The first-order valence-corrected chi connectivity index (χ1v) is 9.51. The molecule has 9 heteroatoms. The molecular formula is C20H25N5O4. The second kappa shape index (κ2) is 9.72. The van der Waals surface area contributed by atoms with E-state index in [0.717, 1.165) is 11.3 Å². The number of para-hydroxylation sites is 1. The van der Waals surface area contributed by atoms with Gasteiger partial charge in [-0.05, 0) is 13.0 Å². The number of nitrogens with one attached hydrogen (secondary N) is 1. The van der Waals surface area contributed by atoms with E-state index in [2.05, 4.69) is 15.3 Å². The lowest BCUT2D eigenvalue weighted by atomic mass is 10.2. The van der Waals surface area contributed by atoms with Gasteiger partial charge in [0, 0.05) is 50.7 Å². The second-order valence-electron chi connectivity index (χ2n) is 6.44. The number of piperazine rings is 1. The summed E-state index contributed by atoms with van der Waals surface area (Å²) < 4.78 is 10.3. The van der Waals surface area contributed by atoms with Crippen molar-refractivity contribution in [2.24, 2.45) is 0 Å². The predicted octanol–water partition coefficient (Wildman–Crippen LogP) is 2.01. The van der Waals surface area contributed by atoms with E-state index in [0.29, 0.717) is 50.8 Å². The maximum Gasteiger partial charge on any atom is 0.409 e. The standard InChI is InChI=1S/C20H25N5O4/c1-3-29-20(27)25-10-8-24(9-11-25)18(26)16-13-22-19(23-14-16)21-12-15-6-4-5-7-17(15)28-2/h4-7,13-14H,3,8-12H2,1-2H3,(H,21,22,23). The van der Waals surface area contributed by atoms with Gasteiger partial charge in [0.1, 0.15) is 5.75 Å². The molecule has 1 aromatic carbocycles. The number of carbonyl (C=O) groups is 2.